The first-order chi connectivity index (χ1) is 12.5. The van der Waals surface area contributed by atoms with Gasteiger partial charge in [-0.05, 0) is 69.4 Å². The smallest absolute Gasteiger partial charge is 0.227 e. The predicted molar refractivity (Wildman–Crippen MR) is 113 cm³/mol. The number of hydrogen-bond donors (Lipinski definition) is 0. The van der Waals surface area contributed by atoms with E-state index in [1.54, 1.807) is 0 Å². The summed E-state index contributed by atoms with van der Waals surface area (Å²) < 4.78 is 2.00. The molecule has 1 aromatic rings. The Balaban J connectivity index is 1.67. The molecular formula is C20H27Br2N3O. The lowest BCUT2D eigenvalue weighted by atomic mass is 9.92. The molecule has 0 N–H and O–H groups in total. The molecule has 1 aliphatic carbocycles. The molecule has 0 bridgehead atoms. The third-order valence-corrected chi connectivity index (χ3v) is 7.48. The summed E-state index contributed by atoms with van der Waals surface area (Å²) in [5, 5.41) is 0. The van der Waals surface area contributed by atoms with Gasteiger partial charge in [-0.25, -0.2) is 0 Å². The number of carbonyl (C=O) groups is 1. The number of benzene rings is 1. The Kier molecular flexibility index (Phi) is 6.94. The van der Waals surface area contributed by atoms with Gasteiger partial charge < -0.3 is 9.80 Å². The van der Waals surface area contributed by atoms with Crippen LogP contribution in [0.2, 0.25) is 0 Å². The van der Waals surface area contributed by atoms with Gasteiger partial charge in [0.25, 0.3) is 0 Å². The van der Waals surface area contributed by atoms with E-state index in [-0.39, 0.29) is 11.9 Å². The van der Waals surface area contributed by atoms with Crippen LogP contribution < -0.4 is 0 Å². The number of hydrogen-bond acceptors (Lipinski definition) is 3. The molecule has 142 valence electrons. The predicted octanol–water partition coefficient (Wildman–Crippen LogP) is 3.55. The first-order valence-corrected chi connectivity index (χ1v) is 10.8. The Morgan fingerprint density at radius 3 is 2.50 bits per heavy atom. The molecule has 6 heteroatoms. The SMILES string of the molecule is CN1CCN(C2CC=CCC2N(C)C(=O)Cc2ccc(Br)c(Br)c2)CC1. The first kappa shape index (κ1) is 20.1. The molecule has 1 aliphatic heterocycles. The molecule has 26 heavy (non-hydrogen) atoms. The fraction of sp³-hybridized carbons (Fsp3) is 0.550. The highest BCUT2D eigenvalue weighted by Gasteiger charge is 2.33. The molecule has 4 nitrogen and oxygen atoms in total. The summed E-state index contributed by atoms with van der Waals surface area (Å²) in [6.45, 7) is 4.40. The average Bonchev–Trinajstić information content (AvgIpc) is 2.65. The van der Waals surface area contributed by atoms with Crippen LogP contribution in [0.5, 0.6) is 0 Å². The van der Waals surface area contributed by atoms with Crippen LogP contribution in [0.25, 0.3) is 0 Å². The lowest BCUT2D eigenvalue weighted by molar-refractivity contribution is -0.133. The van der Waals surface area contributed by atoms with E-state index in [1.165, 1.54) is 0 Å². The molecule has 3 rings (SSSR count). The Bertz CT molecular complexity index is 671. The summed E-state index contributed by atoms with van der Waals surface area (Å²) in [4.78, 5) is 19.9. The van der Waals surface area contributed by atoms with E-state index < -0.39 is 0 Å². The van der Waals surface area contributed by atoms with Crippen molar-refractivity contribution < 1.29 is 4.79 Å². The van der Waals surface area contributed by atoms with Crippen molar-refractivity contribution in [3.05, 3.63) is 44.9 Å². The molecule has 1 saturated heterocycles. The van der Waals surface area contributed by atoms with Gasteiger partial charge in [0.1, 0.15) is 0 Å². The number of piperazine rings is 1. The lowest BCUT2D eigenvalue weighted by Crippen LogP contribution is -2.57. The molecule has 0 saturated carbocycles. The third kappa shape index (κ3) is 4.77. The van der Waals surface area contributed by atoms with E-state index in [2.05, 4.69) is 60.9 Å². The highest BCUT2D eigenvalue weighted by atomic mass is 79.9. The number of likely N-dealkylation sites (N-methyl/N-ethyl adjacent to an activating group) is 2. The van der Waals surface area contributed by atoms with E-state index in [0.717, 1.165) is 53.5 Å². The summed E-state index contributed by atoms with van der Waals surface area (Å²) in [6, 6.07) is 6.71. The van der Waals surface area contributed by atoms with Crippen molar-refractivity contribution in [3.8, 4) is 0 Å². The maximum absolute atomic E-state index is 12.9. The summed E-state index contributed by atoms with van der Waals surface area (Å²) >= 11 is 7.01. The zero-order valence-corrected chi connectivity index (χ0v) is 18.7. The van der Waals surface area contributed by atoms with E-state index in [0.29, 0.717) is 12.5 Å². The van der Waals surface area contributed by atoms with Crippen LogP contribution in [0.15, 0.2) is 39.3 Å². The van der Waals surface area contributed by atoms with Gasteiger partial charge in [0, 0.05) is 48.2 Å². The van der Waals surface area contributed by atoms with Gasteiger partial charge in [-0.1, -0.05) is 18.2 Å². The molecule has 1 fully saturated rings. The summed E-state index contributed by atoms with van der Waals surface area (Å²) in [5.41, 5.74) is 1.04. The van der Waals surface area contributed by atoms with Crippen LogP contribution in [0, 0.1) is 0 Å². The monoisotopic (exact) mass is 483 g/mol. The minimum Gasteiger partial charge on any atom is -0.341 e. The highest BCUT2D eigenvalue weighted by molar-refractivity contribution is 9.13. The molecule has 1 amide bonds. The summed E-state index contributed by atoms with van der Waals surface area (Å²) in [5.74, 6) is 0.193. The average molecular weight is 485 g/mol. The van der Waals surface area contributed by atoms with Gasteiger partial charge in [0.2, 0.25) is 5.91 Å². The van der Waals surface area contributed by atoms with Gasteiger partial charge in [0.05, 0.1) is 12.5 Å². The van der Waals surface area contributed by atoms with Crippen molar-refractivity contribution in [2.75, 3.05) is 40.3 Å². The zero-order valence-electron chi connectivity index (χ0n) is 15.5. The zero-order chi connectivity index (χ0) is 18.7. The third-order valence-electron chi connectivity index (χ3n) is 5.60. The van der Waals surface area contributed by atoms with Crippen LogP contribution in [-0.2, 0) is 11.2 Å². The van der Waals surface area contributed by atoms with Crippen LogP contribution in [0.3, 0.4) is 0 Å². The Morgan fingerprint density at radius 2 is 1.81 bits per heavy atom. The quantitative estimate of drug-likeness (QED) is 0.611. The minimum absolute atomic E-state index is 0.193. The van der Waals surface area contributed by atoms with Crippen LogP contribution in [0.1, 0.15) is 18.4 Å². The number of amides is 1. The molecular weight excluding hydrogens is 458 g/mol. The summed E-state index contributed by atoms with van der Waals surface area (Å²) in [7, 11) is 4.16. The van der Waals surface area contributed by atoms with Crippen molar-refractivity contribution in [2.45, 2.75) is 31.3 Å². The van der Waals surface area contributed by atoms with Crippen molar-refractivity contribution in [1.29, 1.82) is 0 Å². The molecule has 0 aromatic heterocycles. The second kappa shape index (κ2) is 9.00. The van der Waals surface area contributed by atoms with E-state index in [9.17, 15) is 4.79 Å². The number of carbonyl (C=O) groups excluding carboxylic acids is 1. The van der Waals surface area contributed by atoms with Gasteiger partial charge in [-0.2, -0.15) is 0 Å². The Morgan fingerprint density at radius 1 is 1.12 bits per heavy atom. The number of rotatable bonds is 4. The highest BCUT2D eigenvalue weighted by Crippen LogP contribution is 2.26. The minimum atomic E-state index is 0.193. The maximum Gasteiger partial charge on any atom is 0.227 e. The molecule has 2 unspecified atom stereocenters. The molecule has 2 atom stereocenters. The molecule has 0 spiro atoms. The van der Waals surface area contributed by atoms with E-state index >= 15 is 0 Å². The van der Waals surface area contributed by atoms with Crippen molar-refractivity contribution in [2.24, 2.45) is 0 Å². The number of nitrogens with zero attached hydrogens (tertiary/aromatic N) is 3. The van der Waals surface area contributed by atoms with Gasteiger partial charge >= 0.3 is 0 Å². The fourth-order valence-corrected chi connectivity index (χ4v) is 4.55. The largest absolute Gasteiger partial charge is 0.341 e. The molecule has 2 aliphatic rings. The van der Waals surface area contributed by atoms with Crippen LogP contribution in [0.4, 0.5) is 0 Å². The van der Waals surface area contributed by atoms with Gasteiger partial charge in [-0.3, -0.25) is 9.69 Å². The van der Waals surface area contributed by atoms with E-state index in [1.807, 2.05) is 30.1 Å². The van der Waals surface area contributed by atoms with Gasteiger partial charge in [0.15, 0.2) is 0 Å². The lowest BCUT2D eigenvalue weighted by Gasteiger charge is -2.45. The second-order valence-corrected chi connectivity index (χ2v) is 9.06. The van der Waals surface area contributed by atoms with Crippen molar-refractivity contribution in [3.63, 3.8) is 0 Å². The van der Waals surface area contributed by atoms with Crippen LogP contribution in [-0.4, -0.2) is 73.0 Å². The van der Waals surface area contributed by atoms with E-state index in [4.69, 9.17) is 0 Å². The second-order valence-electron chi connectivity index (χ2n) is 7.35. The maximum atomic E-state index is 12.9. The Labute approximate surface area is 173 Å². The molecule has 1 heterocycles. The van der Waals surface area contributed by atoms with Crippen LogP contribution >= 0.6 is 31.9 Å². The summed E-state index contributed by atoms with van der Waals surface area (Å²) in [6.07, 6.45) is 6.94. The number of halogens is 2. The standard InChI is InChI=1S/C20H27Br2N3O/c1-23-9-11-25(12-10-23)19-6-4-3-5-18(19)24(2)20(26)14-15-7-8-16(21)17(22)13-15/h3-4,7-8,13,18-19H,5-6,9-12,14H2,1-2H3. The Hall–Kier alpha value is -0.690. The van der Waals surface area contributed by atoms with Crippen molar-refractivity contribution >= 4 is 37.8 Å². The van der Waals surface area contributed by atoms with Crippen molar-refractivity contribution in [1.82, 2.24) is 14.7 Å². The fourth-order valence-electron chi connectivity index (χ4n) is 3.88. The van der Waals surface area contributed by atoms with Gasteiger partial charge in [-0.15, -0.1) is 0 Å². The topological polar surface area (TPSA) is 26.8 Å². The normalized spacial score (nSPS) is 24.6. The molecule has 1 aromatic carbocycles. The first-order valence-electron chi connectivity index (χ1n) is 9.23. The molecule has 0 radical (unpaired) electrons.